The van der Waals surface area contributed by atoms with E-state index >= 15 is 0 Å². The maximum Gasteiger partial charge on any atom is 0.187 e. The number of hydrogen-bond donors (Lipinski definition) is 0. The quantitative estimate of drug-likeness (QED) is 0.430. The van der Waals surface area contributed by atoms with E-state index in [4.69, 9.17) is 11.6 Å². The number of thioether (sulfide) groups is 1. The zero-order valence-electron chi connectivity index (χ0n) is 7.61. The maximum atomic E-state index is 5.82. The Morgan fingerprint density at radius 3 is 2.69 bits per heavy atom. The van der Waals surface area contributed by atoms with E-state index in [0.717, 1.165) is 18.0 Å². The van der Waals surface area contributed by atoms with Crippen molar-refractivity contribution in [3.63, 3.8) is 0 Å². The lowest BCUT2D eigenvalue weighted by atomic mass is 10.3. The van der Waals surface area contributed by atoms with E-state index in [1.807, 2.05) is 6.07 Å². The highest BCUT2D eigenvalue weighted by atomic mass is 35.5. The van der Waals surface area contributed by atoms with Crippen LogP contribution in [0.4, 0.5) is 0 Å². The summed E-state index contributed by atoms with van der Waals surface area (Å²) in [7, 11) is 0. The van der Waals surface area contributed by atoms with Crippen LogP contribution in [0.2, 0.25) is 0 Å². The molecule has 1 aromatic heterocycles. The van der Waals surface area contributed by atoms with Gasteiger partial charge in [-0.15, -0.1) is 11.6 Å². The maximum absolute atomic E-state index is 5.82. The highest BCUT2D eigenvalue weighted by Crippen LogP contribution is 2.23. The first kappa shape index (κ1) is 10.8. The van der Waals surface area contributed by atoms with E-state index in [1.54, 1.807) is 24.2 Å². The molecule has 0 aliphatic carbocycles. The number of nitrogens with zero attached hydrogens (tertiary/aromatic N) is 2. The van der Waals surface area contributed by atoms with Crippen molar-refractivity contribution in [3.05, 3.63) is 18.5 Å². The summed E-state index contributed by atoms with van der Waals surface area (Å²) in [5.74, 6) is 0.663. The fraction of sp³-hybridized carbons (Fsp3) is 0.556. The van der Waals surface area contributed by atoms with Crippen molar-refractivity contribution in [1.82, 2.24) is 9.97 Å². The summed E-state index contributed by atoms with van der Waals surface area (Å²) in [5.41, 5.74) is 0. The van der Waals surface area contributed by atoms with E-state index in [9.17, 15) is 0 Å². The molecule has 1 rings (SSSR count). The molecule has 0 saturated heterocycles. The lowest BCUT2D eigenvalue weighted by Gasteiger charge is -2.09. The van der Waals surface area contributed by atoms with Gasteiger partial charge in [0.2, 0.25) is 0 Å². The third-order valence-electron chi connectivity index (χ3n) is 1.60. The lowest BCUT2D eigenvalue weighted by molar-refractivity contribution is 0.786. The molecule has 0 spiro atoms. The first-order valence-corrected chi connectivity index (χ1v) is 5.78. The third-order valence-corrected chi connectivity index (χ3v) is 3.31. The topological polar surface area (TPSA) is 25.8 Å². The smallest absolute Gasteiger partial charge is 0.187 e. The zero-order valence-corrected chi connectivity index (χ0v) is 9.18. The summed E-state index contributed by atoms with van der Waals surface area (Å²) in [5, 5.41) is 1.26. The Bertz CT molecular complexity index is 230. The van der Waals surface area contributed by atoms with Crippen molar-refractivity contribution in [3.8, 4) is 0 Å². The van der Waals surface area contributed by atoms with Crippen LogP contribution < -0.4 is 0 Å². The zero-order chi connectivity index (χ0) is 9.52. The SMILES string of the molecule is CCCC(CCl)Sc1ncccn1. The van der Waals surface area contributed by atoms with Crippen LogP contribution in [-0.2, 0) is 0 Å². The minimum absolute atomic E-state index is 0.439. The predicted octanol–water partition coefficient (Wildman–Crippen LogP) is 2.98. The summed E-state index contributed by atoms with van der Waals surface area (Å²) in [4.78, 5) is 8.28. The Labute approximate surface area is 88.1 Å². The average molecular weight is 217 g/mol. The molecule has 13 heavy (non-hydrogen) atoms. The van der Waals surface area contributed by atoms with Crippen molar-refractivity contribution in [2.45, 2.75) is 30.2 Å². The van der Waals surface area contributed by atoms with Crippen molar-refractivity contribution >= 4 is 23.4 Å². The van der Waals surface area contributed by atoms with Crippen molar-refractivity contribution in [2.75, 3.05) is 5.88 Å². The Balaban J connectivity index is 2.46. The molecule has 0 amide bonds. The molecule has 0 radical (unpaired) electrons. The van der Waals surface area contributed by atoms with Gasteiger partial charge in [0.25, 0.3) is 0 Å². The van der Waals surface area contributed by atoms with Gasteiger partial charge < -0.3 is 0 Å². The van der Waals surface area contributed by atoms with E-state index in [1.165, 1.54) is 0 Å². The monoisotopic (exact) mass is 216 g/mol. The molecule has 0 saturated carbocycles. The molecule has 1 unspecified atom stereocenters. The average Bonchev–Trinajstić information content (AvgIpc) is 2.19. The summed E-state index contributed by atoms with van der Waals surface area (Å²) in [6.45, 7) is 2.16. The molecule has 72 valence electrons. The van der Waals surface area contributed by atoms with Crippen LogP contribution in [0.1, 0.15) is 19.8 Å². The molecule has 1 atom stereocenters. The Morgan fingerprint density at radius 1 is 1.46 bits per heavy atom. The van der Waals surface area contributed by atoms with E-state index in [2.05, 4.69) is 16.9 Å². The van der Waals surface area contributed by atoms with Gasteiger partial charge in [0, 0.05) is 23.5 Å². The van der Waals surface area contributed by atoms with Crippen LogP contribution in [-0.4, -0.2) is 21.1 Å². The second-order valence-electron chi connectivity index (χ2n) is 2.71. The molecule has 0 aromatic carbocycles. The molecule has 0 bridgehead atoms. The van der Waals surface area contributed by atoms with Gasteiger partial charge >= 0.3 is 0 Å². The lowest BCUT2D eigenvalue weighted by Crippen LogP contribution is -2.04. The van der Waals surface area contributed by atoms with E-state index < -0.39 is 0 Å². The summed E-state index contributed by atoms with van der Waals surface area (Å²) < 4.78 is 0. The number of aromatic nitrogens is 2. The molecule has 1 heterocycles. The highest BCUT2D eigenvalue weighted by molar-refractivity contribution is 7.99. The minimum atomic E-state index is 0.439. The fourth-order valence-electron chi connectivity index (χ4n) is 0.985. The van der Waals surface area contributed by atoms with Gasteiger partial charge in [-0.25, -0.2) is 9.97 Å². The van der Waals surface area contributed by atoms with Crippen LogP contribution in [0.15, 0.2) is 23.6 Å². The number of rotatable bonds is 5. The number of alkyl halides is 1. The molecule has 0 N–H and O–H groups in total. The molecule has 2 nitrogen and oxygen atoms in total. The molecule has 1 aromatic rings. The largest absolute Gasteiger partial charge is 0.231 e. The molecule has 0 aliphatic heterocycles. The fourth-order valence-corrected chi connectivity index (χ4v) is 2.29. The summed E-state index contributed by atoms with van der Waals surface area (Å²) >= 11 is 7.48. The van der Waals surface area contributed by atoms with Crippen LogP contribution in [0.3, 0.4) is 0 Å². The summed E-state index contributed by atoms with van der Waals surface area (Å²) in [6.07, 6.45) is 5.78. The first-order valence-electron chi connectivity index (χ1n) is 4.36. The minimum Gasteiger partial charge on any atom is -0.231 e. The molecule has 4 heteroatoms. The Morgan fingerprint density at radius 2 is 2.15 bits per heavy atom. The normalized spacial score (nSPS) is 12.8. The second-order valence-corrected chi connectivity index (χ2v) is 4.29. The van der Waals surface area contributed by atoms with Crippen molar-refractivity contribution in [1.29, 1.82) is 0 Å². The number of hydrogen-bond acceptors (Lipinski definition) is 3. The highest BCUT2D eigenvalue weighted by Gasteiger charge is 2.09. The molecule has 0 aliphatic rings. The van der Waals surface area contributed by atoms with Gasteiger partial charge in [-0.05, 0) is 12.5 Å². The van der Waals surface area contributed by atoms with Crippen LogP contribution in [0, 0.1) is 0 Å². The van der Waals surface area contributed by atoms with Crippen LogP contribution >= 0.6 is 23.4 Å². The standard InChI is InChI=1S/C9H13ClN2S/c1-2-4-8(7-10)13-9-11-5-3-6-12-9/h3,5-6,8H,2,4,7H2,1H3. The van der Waals surface area contributed by atoms with Gasteiger partial charge in [-0.3, -0.25) is 0 Å². The van der Waals surface area contributed by atoms with Crippen molar-refractivity contribution < 1.29 is 0 Å². The predicted molar refractivity (Wildman–Crippen MR) is 57.3 cm³/mol. The molecular formula is C9H13ClN2S. The van der Waals surface area contributed by atoms with E-state index in [0.29, 0.717) is 11.1 Å². The Hall–Kier alpha value is -0.280. The van der Waals surface area contributed by atoms with E-state index in [-0.39, 0.29) is 0 Å². The Kier molecular flexibility index (Phi) is 5.16. The first-order chi connectivity index (χ1) is 6.36. The molecule has 0 fully saturated rings. The number of halogens is 1. The molecular weight excluding hydrogens is 204 g/mol. The van der Waals surface area contributed by atoms with Gasteiger partial charge in [0.1, 0.15) is 0 Å². The van der Waals surface area contributed by atoms with Crippen LogP contribution in [0.25, 0.3) is 0 Å². The van der Waals surface area contributed by atoms with Gasteiger partial charge in [-0.2, -0.15) is 0 Å². The van der Waals surface area contributed by atoms with Crippen LogP contribution in [0.5, 0.6) is 0 Å². The third kappa shape index (κ3) is 3.96. The van der Waals surface area contributed by atoms with Crippen molar-refractivity contribution in [2.24, 2.45) is 0 Å². The summed E-state index contributed by atoms with van der Waals surface area (Å²) in [6, 6.07) is 1.82. The van der Waals surface area contributed by atoms with Gasteiger partial charge in [0.15, 0.2) is 5.16 Å². The van der Waals surface area contributed by atoms with Gasteiger partial charge in [-0.1, -0.05) is 25.1 Å². The van der Waals surface area contributed by atoms with Gasteiger partial charge in [0.05, 0.1) is 0 Å². The second kappa shape index (κ2) is 6.22.